The summed E-state index contributed by atoms with van der Waals surface area (Å²) in [5, 5.41) is 0. The molecule has 2 rings (SSSR count). The highest BCUT2D eigenvalue weighted by atomic mass is 19.4. The first-order valence-corrected chi connectivity index (χ1v) is 5.57. The lowest BCUT2D eigenvalue weighted by atomic mass is 10.2. The van der Waals surface area contributed by atoms with Crippen molar-refractivity contribution in [1.82, 2.24) is 4.98 Å². The van der Waals surface area contributed by atoms with Crippen molar-refractivity contribution in [3.8, 4) is 0 Å². The fourth-order valence-corrected chi connectivity index (χ4v) is 1.95. The number of nitrogen functional groups attached to an aromatic ring is 1. The van der Waals surface area contributed by atoms with Crippen molar-refractivity contribution in [2.24, 2.45) is 0 Å². The summed E-state index contributed by atoms with van der Waals surface area (Å²) in [5.41, 5.74) is 4.59. The van der Waals surface area contributed by atoms with Crippen LogP contribution >= 0.6 is 0 Å². The van der Waals surface area contributed by atoms with Crippen molar-refractivity contribution in [2.75, 3.05) is 30.3 Å². The molecular weight excluding hydrogens is 247 g/mol. The molecule has 4 nitrogen and oxygen atoms in total. The molecule has 7 heteroatoms. The minimum atomic E-state index is -4.46. The number of rotatable bonds is 1. The fourth-order valence-electron chi connectivity index (χ4n) is 1.95. The van der Waals surface area contributed by atoms with Crippen molar-refractivity contribution in [2.45, 2.75) is 19.2 Å². The van der Waals surface area contributed by atoms with Crippen LogP contribution in [0.25, 0.3) is 0 Å². The third kappa shape index (κ3) is 2.66. The van der Waals surface area contributed by atoms with Gasteiger partial charge in [-0.3, -0.25) is 0 Å². The number of alkyl halides is 3. The Labute approximate surface area is 103 Å². The monoisotopic (exact) mass is 261 g/mol. The largest absolute Gasteiger partial charge is 0.420 e. The third-order valence-corrected chi connectivity index (χ3v) is 2.73. The van der Waals surface area contributed by atoms with Gasteiger partial charge in [0.05, 0.1) is 24.6 Å². The zero-order chi connectivity index (χ0) is 13.3. The van der Waals surface area contributed by atoms with Crippen molar-refractivity contribution in [3.63, 3.8) is 0 Å². The molecule has 2 heterocycles. The van der Waals surface area contributed by atoms with Crippen molar-refractivity contribution >= 4 is 11.5 Å². The van der Waals surface area contributed by atoms with Gasteiger partial charge in [0, 0.05) is 13.1 Å². The lowest BCUT2D eigenvalue weighted by Crippen LogP contribution is -2.42. The molecule has 100 valence electrons. The summed E-state index contributed by atoms with van der Waals surface area (Å²) >= 11 is 0. The van der Waals surface area contributed by atoms with Gasteiger partial charge in [-0.2, -0.15) is 13.2 Å². The number of aromatic nitrogens is 1. The van der Waals surface area contributed by atoms with Crippen LogP contribution in [0.1, 0.15) is 12.5 Å². The van der Waals surface area contributed by atoms with E-state index in [1.807, 2.05) is 6.92 Å². The van der Waals surface area contributed by atoms with Crippen LogP contribution in [0.4, 0.5) is 24.7 Å². The molecule has 0 amide bonds. The lowest BCUT2D eigenvalue weighted by Gasteiger charge is -2.33. The Bertz CT molecular complexity index is 436. The van der Waals surface area contributed by atoms with Crippen LogP contribution in [-0.2, 0) is 10.9 Å². The predicted molar refractivity (Wildman–Crippen MR) is 61.3 cm³/mol. The predicted octanol–water partition coefficient (Wildman–Crippen LogP) is 1.91. The Morgan fingerprint density at radius 3 is 2.83 bits per heavy atom. The zero-order valence-corrected chi connectivity index (χ0v) is 9.87. The molecule has 0 spiro atoms. The molecular formula is C11H14F3N3O. The van der Waals surface area contributed by atoms with E-state index in [4.69, 9.17) is 10.5 Å². The number of hydrogen-bond acceptors (Lipinski definition) is 4. The topological polar surface area (TPSA) is 51.4 Å². The van der Waals surface area contributed by atoms with E-state index in [-0.39, 0.29) is 17.6 Å². The molecule has 0 saturated carbocycles. The van der Waals surface area contributed by atoms with Crippen LogP contribution < -0.4 is 10.6 Å². The Morgan fingerprint density at radius 1 is 1.50 bits per heavy atom. The quantitative estimate of drug-likeness (QED) is 0.839. The van der Waals surface area contributed by atoms with Gasteiger partial charge in [0.25, 0.3) is 0 Å². The normalized spacial score (nSPS) is 21.1. The van der Waals surface area contributed by atoms with Gasteiger partial charge >= 0.3 is 6.18 Å². The smallest absolute Gasteiger partial charge is 0.397 e. The van der Waals surface area contributed by atoms with Gasteiger partial charge in [-0.1, -0.05) is 0 Å². The van der Waals surface area contributed by atoms with E-state index in [1.165, 1.54) is 6.20 Å². The molecule has 18 heavy (non-hydrogen) atoms. The number of pyridine rings is 1. The lowest BCUT2D eigenvalue weighted by molar-refractivity contribution is -0.137. The molecule has 0 aromatic carbocycles. The second-order valence-electron chi connectivity index (χ2n) is 4.27. The van der Waals surface area contributed by atoms with Crippen LogP contribution in [0.3, 0.4) is 0 Å². The summed E-state index contributed by atoms with van der Waals surface area (Å²) in [6, 6.07) is 0.919. The van der Waals surface area contributed by atoms with E-state index in [2.05, 4.69) is 4.98 Å². The van der Waals surface area contributed by atoms with Crippen molar-refractivity contribution in [1.29, 1.82) is 0 Å². The zero-order valence-electron chi connectivity index (χ0n) is 9.87. The van der Waals surface area contributed by atoms with E-state index in [1.54, 1.807) is 4.90 Å². The molecule has 0 aliphatic carbocycles. The fraction of sp³-hybridized carbons (Fsp3) is 0.545. The first kappa shape index (κ1) is 12.9. The second kappa shape index (κ2) is 4.64. The average molecular weight is 261 g/mol. The summed E-state index contributed by atoms with van der Waals surface area (Å²) < 4.78 is 44.1. The Hall–Kier alpha value is -1.50. The molecule has 2 N–H and O–H groups in total. The molecule has 0 bridgehead atoms. The van der Waals surface area contributed by atoms with Crippen molar-refractivity contribution in [3.05, 3.63) is 17.8 Å². The average Bonchev–Trinajstić information content (AvgIpc) is 2.27. The van der Waals surface area contributed by atoms with E-state index in [0.717, 1.165) is 6.07 Å². The number of nitrogens with zero attached hydrogens (tertiary/aromatic N) is 2. The van der Waals surface area contributed by atoms with Crippen LogP contribution in [0, 0.1) is 0 Å². The maximum Gasteiger partial charge on any atom is 0.420 e. The van der Waals surface area contributed by atoms with E-state index < -0.39 is 11.7 Å². The van der Waals surface area contributed by atoms with Crippen LogP contribution in [0.15, 0.2) is 12.3 Å². The molecule has 1 atom stereocenters. The van der Waals surface area contributed by atoms with Gasteiger partial charge in [0.1, 0.15) is 11.4 Å². The molecule has 0 radical (unpaired) electrons. The highest BCUT2D eigenvalue weighted by molar-refractivity contribution is 5.55. The number of anilines is 2. The first-order valence-electron chi connectivity index (χ1n) is 5.57. The van der Waals surface area contributed by atoms with Gasteiger partial charge in [-0.15, -0.1) is 0 Å². The number of hydrogen-bond donors (Lipinski definition) is 1. The molecule has 0 unspecified atom stereocenters. The maximum atomic E-state index is 12.9. The summed E-state index contributed by atoms with van der Waals surface area (Å²) in [6.07, 6.45) is -3.33. The number of nitrogens with two attached hydrogens (primary N) is 1. The highest BCUT2D eigenvalue weighted by Gasteiger charge is 2.36. The second-order valence-corrected chi connectivity index (χ2v) is 4.27. The SMILES string of the molecule is C[C@@H]1CN(c2ncc(N)cc2C(F)(F)F)CCO1. The highest BCUT2D eigenvalue weighted by Crippen LogP contribution is 2.36. The number of morpholine rings is 1. The molecule has 1 saturated heterocycles. The minimum Gasteiger partial charge on any atom is -0.397 e. The van der Waals surface area contributed by atoms with E-state index in [9.17, 15) is 13.2 Å². The Morgan fingerprint density at radius 2 is 2.22 bits per heavy atom. The maximum absolute atomic E-state index is 12.9. The first-order chi connectivity index (χ1) is 8.38. The Balaban J connectivity index is 2.37. The van der Waals surface area contributed by atoms with Gasteiger partial charge in [-0.25, -0.2) is 4.98 Å². The number of halogens is 3. The standard InChI is InChI=1S/C11H14F3N3O/c1-7-6-17(2-3-18-7)10-9(11(12,13)14)4-8(15)5-16-10/h4-5,7H,2-3,6,15H2,1H3/t7-/m1/s1. The number of ether oxygens (including phenoxy) is 1. The molecule has 1 fully saturated rings. The van der Waals surface area contributed by atoms with E-state index >= 15 is 0 Å². The minimum absolute atomic E-state index is 0.00684. The van der Waals surface area contributed by atoms with Gasteiger partial charge in [0.15, 0.2) is 0 Å². The van der Waals surface area contributed by atoms with Crippen molar-refractivity contribution < 1.29 is 17.9 Å². The van der Waals surface area contributed by atoms with Gasteiger partial charge in [0.2, 0.25) is 0 Å². The van der Waals surface area contributed by atoms with Crippen LogP contribution in [0.2, 0.25) is 0 Å². The molecule has 1 aliphatic rings. The van der Waals surface area contributed by atoms with Crippen LogP contribution in [-0.4, -0.2) is 30.8 Å². The molecule has 1 aromatic heterocycles. The summed E-state index contributed by atoms with van der Waals surface area (Å²) in [7, 11) is 0. The van der Waals surface area contributed by atoms with Crippen LogP contribution in [0.5, 0.6) is 0 Å². The van der Waals surface area contributed by atoms with Gasteiger partial charge < -0.3 is 15.4 Å². The molecule has 1 aliphatic heterocycles. The third-order valence-electron chi connectivity index (χ3n) is 2.73. The summed E-state index contributed by atoms with van der Waals surface area (Å²) in [4.78, 5) is 5.41. The van der Waals surface area contributed by atoms with E-state index in [0.29, 0.717) is 19.7 Å². The summed E-state index contributed by atoms with van der Waals surface area (Å²) in [5.74, 6) is -0.0770. The Kier molecular flexibility index (Phi) is 3.34. The van der Waals surface area contributed by atoms with Gasteiger partial charge in [-0.05, 0) is 13.0 Å². The summed E-state index contributed by atoms with van der Waals surface area (Å²) in [6.45, 7) is 2.99. The molecule has 1 aromatic rings.